The van der Waals surface area contributed by atoms with E-state index in [0.29, 0.717) is 6.04 Å². The number of nitrogens with zero attached hydrogens (tertiary/aromatic N) is 2. The second kappa shape index (κ2) is 5.46. The average Bonchev–Trinajstić information content (AvgIpc) is 2.60. The molecule has 0 saturated carbocycles. The van der Waals surface area contributed by atoms with Crippen LogP contribution in [0.15, 0.2) is 0 Å². The molecular formula is C13H23N3S. The van der Waals surface area contributed by atoms with Gasteiger partial charge < -0.3 is 5.73 Å². The van der Waals surface area contributed by atoms with Gasteiger partial charge in [0.05, 0.1) is 10.7 Å². The zero-order valence-electron chi connectivity index (χ0n) is 11.1. The van der Waals surface area contributed by atoms with Crippen LogP contribution in [0.3, 0.4) is 0 Å². The molecule has 2 N–H and O–H groups in total. The van der Waals surface area contributed by atoms with E-state index in [-0.39, 0.29) is 0 Å². The Morgan fingerprint density at radius 3 is 2.82 bits per heavy atom. The first-order valence-electron chi connectivity index (χ1n) is 6.47. The van der Waals surface area contributed by atoms with Crippen LogP contribution in [-0.2, 0) is 6.54 Å². The van der Waals surface area contributed by atoms with Gasteiger partial charge >= 0.3 is 0 Å². The second-order valence-electron chi connectivity index (χ2n) is 5.23. The van der Waals surface area contributed by atoms with Crippen molar-refractivity contribution in [2.45, 2.75) is 46.2 Å². The molecule has 1 aliphatic rings. The fourth-order valence-electron chi connectivity index (χ4n) is 2.66. The number of likely N-dealkylation sites (tertiary alicyclic amines) is 1. The number of thiazole rings is 1. The summed E-state index contributed by atoms with van der Waals surface area (Å²) in [5, 5.41) is 1.17. The topological polar surface area (TPSA) is 42.2 Å². The van der Waals surface area contributed by atoms with Crippen LogP contribution in [0.4, 0.5) is 0 Å². The largest absolute Gasteiger partial charge is 0.329 e. The highest BCUT2D eigenvalue weighted by molar-refractivity contribution is 7.11. The molecule has 2 rings (SSSR count). The maximum absolute atomic E-state index is 5.90. The van der Waals surface area contributed by atoms with Gasteiger partial charge in [-0.25, -0.2) is 4.98 Å². The predicted molar refractivity (Wildman–Crippen MR) is 73.2 cm³/mol. The van der Waals surface area contributed by atoms with Gasteiger partial charge in [-0.2, -0.15) is 0 Å². The molecule has 96 valence electrons. The molecule has 1 saturated heterocycles. The van der Waals surface area contributed by atoms with Crippen LogP contribution < -0.4 is 5.73 Å². The lowest BCUT2D eigenvalue weighted by Gasteiger charge is -2.37. The van der Waals surface area contributed by atoms with Crippen molar-refractivity contribution in [3.8, 4) is 0 Å². The van der Waals surface area contributed by atoms with Crippen molar-refractivity contribution in [1.82, 2.24) is 9.88 Å². The predicted octanol–water partition coefficient (Wildman–Crippen LogP) is 2.32. The SMILES string of the molecule is Cc1nc(C)c(CN2CCC(C)CC2CN)s1. The number of nitrogens with two attached hydrogens (primary N) is 1. The highest BCUT2D eigenvalue weighted by Gasteiger charge is 2.26. The Morgan fingerprint density at radius 1 is 1.47 bits per heavy atom. The molecule has 0 spiro atoms. The molecule has 2 heterocycles. The number of piperidine rings is 1. The maximum atomic E-state index is 5.90. The maximum Gasteiger partial charge on any atom is 0.0900 e. The Morgan fingerprint density at radius 2 is 2.24 bits per heavy atom. The molecule has 0 radical (unpaired) electrons. The summed E-state index contributed by atoms with van der Waals surface area (Å²) in [7, 11) is 0. The van der Waals surface area contributed by atoms with E-state index in [0.717, 1.165) is 19.0 Å². The summed E-state index contributed by atoms with van der Waals surface area (Å²) >= 11 is 1.83. The minimum absolute atomic E-state index is 0.556. The molecule has 1 aromatic heterocycles. The molecule has 17 heavy (non-hydrogen) atoms. The number of hydrogen-bond acceptors (Lipinski definition) is 4. The molecule has 2 atom stereocenters. The van der Waals surface area contributed by atoms with Gasteiger partial charge in [0.15, 0.2) is 0 Å². The van der Waals surface area contributed by atoms with Crippen LogP contribution in [0.25, 0.3) is 0 Å². The smallest absolute Gasteiger partial charge is 0.0900 e. The first kappa shape index (κ1) is 13.0. The van der Waals surface area contributed by atoms with Gasteiger partial charge in [-0.05, 0) is 39.2 Å². The highest BCUT2D eigenvalue weighted by atomic mass is 32.1. The fourth-order valence-corrected chi connectivity index (χ4v) is 3.62. The minimum atomic E-state index is 0.556. The zero-order valence-corrected chi connectivity index (χ0v) is 11.9. The molecule has 1 fully saturated rings. The summed E-state index contributed by atoms with van der Waals surface area (Å²) in [5.41, 5.74) is 7.10. The number of aromatic nitrogens is 1. The van der Waals surface area contributed by atoms with Crippen molar-refractivity contribution in [3.05, 3.63) is 15.6 Å². The summed E-state index contributed by atoms with van der Waals surface area (Å²) in [5.74, 6) is 0.823. The van der Waals surface area contributed by atoms with Crippen molar-refractivity contribution in [1.29, 1.82) is 0 Å². The summed E-state index contributed by atoms with van der Waals surface area (Å²) in [6, 6.07) is 0.556. The summed E-state index contributed by atoms with van der Waals surface area (Å²) in [6.07, 6.45) is 2.54. The highest BCUT2D eigenvalue weighted by Crippen LogP contribution is 2.26. The normalized spacial score (nSPS) is 26.4. The van der Waals surface area contributed by atoms with Crippen molar-refractivity contribution >= 4 is 11.3 Å². The van der Waals surface area contributed by atoms with E-state index in [9.17, 15) is 0 Å². The molecule has 0 amide bonds. The zero-order chi connectivity index (χ0) is 12.4. The molecule has 0 aliphatic carbocycles. The Balaban J connectivity index is 2.04. The van der Waals surface area contributed by atoms with Crippen LogP contribution in [0.1, 0.15) is 35.3 Å². The number of rotatable bonds is 3. The van der Waals surface area contributed by atoms with Gasteiger partial charge in [-0.1, -0.05) is 6.92 Å². The lowest BCUT2D eigenvalue weighted by Crippen LogP contribution is -2.45. The Hall–Kier alpha value is -0.450. The van der Waals surface area contributed by atoms with Gasteiger partial charge in [-0.3, -0.25) is 4.90 Å². The third kappa shape index (κ3) is 3.06. The van der Waals surface area contributed by atoms with Crippen LogP contribution >= 0.6 is 11.3 Å². The number of hydrogen-bond donors (Lipinski definition) is 1. The molecule has 3 nitrogen and oxygen atoms in total. The van der Waals surface area contributed by atoms with E-state index in [1.54, 1.807) is 0 Å². The van der Waals surface area contributed by atoms with E-state index in [2.05, 4.69) is 30.7 Å². The van der Waals surface area contributed by atoms with Crippen LogP contribution in [-0.4, -0.2) is 29.0 Å². The molecule has 1 aromatic rings. The summed E-state index contributed by atoms with van der Waals surface area (Å²) < 4.78 is 0. The van der Waals surface area contributed by atoms with E-state index >= 15 is 0 Å². The molecule has 2 unspecified atom stereocenters. The van der Waals surface area contributed by atoms with E-state index in [1.807, 2.05) is 11.3 Å². The summed E-state index contributed by atoms with van der Waals surface area (Å²) in [4.78, 5) is 8.46. The van der Waals surface area contributed by atoms with E-state index in [1.165, 1.54) is 35.0 Å². The molecule has 1 aliphatic heterocycles. The lowest BCUT2D eigenvalue weighted by atomic mass is 9.92. The van der Waals surface area contributed by atoms with Crippen LogP contribution in [0.2, 0.25) is 0 Å². The fraction of sp³-hybridized carbons (Fsp3) is 0.769. The van der Waals surface area contributed by atoms with Crippen molar-refractivity contribution in [3.63, 3.8) is 0 Å². The van der Waals surface area contributed by atoms with Gasteiger partial charge in [0.1, 0.15) is 0 Å². The van der Waals surface area contributed by atoms with Gasteiger partial charge in [0.2, 0.25) is 0 Å². The van der Waals surface area contributed by atoms with E-state index in [4.69, 9.17) is 5.73 Å². The average molecular weight is 253 g/mol. The second-order valence-corrected chi connectivity index (χ2v) is 6.52. The Labute approximate surface area is 108 Å². The standard InChI is InChI=1S/C13H23N3S/c1-9-4-5-16(12(6-9)7-14)8-13-10(2)15-11(3)17-13/h9,12H,4-8,14H2,1-3H3. The van der Waals surface area contributed by atoms with Crippen molar-refractivity contribution in [2.24, 2.45) is 11.7 Å². The number of aryl methyl sites for hydroxylation is 2. The molecule has 4 heteroatoms. The van der Waals surface area contributed by atoms with E-state index < -0.39 is 0 Å². The molecule has 0 aromatic carbocycles. The van der Waals surface area contributed by atoms with Gasteiger partial charge in [0.25, 0.3) is 0 Å². The van der Waals surface area contributed by atoms with Crippen molar-refractivity contribution < 1.29 is 0 Å². The van der Waals surface area contributed by atoms with Gasteiger partial charge in [0, 0.05) is 24.0 Å². The first-order chi connectivity index (χ1) is 8.10. The van der Waals surface area contributed by atoms with Crippen LogP contribution in [0.5, 0.6) is 0 Å². The third-order valence-electron chi connectivity index (χ3n) is 3.72. The lowest BCUT2D eigenvalue weighted by molar-refractivity contribution is 0.116. The Bertz CT molecular complexity index is 375. The quantitative estimate of drug-likeness (QED) is 0.899. The van der Waals surface area contributed by atoms with Crippen molar-refractivity contribution in [2.75, 3.05) is 13.1 Å². The Kier molecular flexibility index (Phi) is 4.17. The first-order valence-corrected chi connectivity index (χ1v) is 7.28. The van der Waals surface area contributed by atoms with Gasteiger partial charge in [-0.15, -0.1) is 11.3 Å². The minimum Gasteiger partial charge on any atom is -0.329 e. The summed E-state index contributed by atoms with van der Waals surface area (Å²) in [6.45, 7) is 9.53. The molecule has 0 bridgehead atoms. The molecular weight excluding hydrogens is 230 g/mol. The van der Waals surface area contributed by atoms with Crippen LogP contribution in [0, 0.1) is 19.8 Å². The third-order valence-corrected chi connectivity index (χ3v) is 4.78. The monoisotopic (exact) mass is 253 g/mol.